The lowest BCUT2D eigenvalue weighted by Gasteiger charge is -2.08. The van der Waals surface area contributed by atoms with E-state index in [4.69, 9.17) is 17.3 Å². The molecule has 0 aliphatic heterocycles. The first-order chi connectivity index (χ1) is 9.56. The van der Waals surface area contributed by atoms with Gasteiger partial charge in [-0.25, -0.2) is 4.98 Å². The molecule has 1 heterocycles. The first-order valence-electron chi connectivity index (χ1n) is 5.64. The number of anilines is 2. The molecule has 7 heteroatoms. The smallest absolute Gasteiger partial charge is 0.234 e. The van der Waals surface area contributed by atoms with Gasteiger partial charge in [0.1, 0.15) is 5.03 Å². The molecule has 0 atom stereocenters. The van der Waals surface area contributed by atoms with E-state index in [2.05, 4.69) is 26.2 Å². The molecule has 0 spiro atoms. The topological polar surface area (TPSA) is 68.0 Å². The Bertz CT molecular complexity index is 639. The van der Waals surface area contributed by atoms with E-state index < -0.39 is 0 Å². The summed E-state index contributed by atoms with van der Waals surface area (Å²) >= 11 is 10.7. The van der Waals surface area contributed by atoms with Gasteiger partial charge in [-0.2, -0.15) is 0 Å². The second-order valence-corrected chi connectivity index (χ2v) is 6.09. The highest BCUT2D eigenvalue weighted by Crippen LogP contribution is 2.26. The van der Waals surface area contributed by atoms with Gasteiger partial charge in [0.15, 0.2) is 0 Å². The normalized spacial score (nSPS) is 10.3. The molecule has 0 fully saturated rings. The van der Waals surface area contributed by atoms with Crippen LogP contribution in [0.5, 0.6) is 0 Å². The van der Waals surface area contributed by atoms with Gasteiger partial charge in [-0.05, 0) is 46.3 Å². The lowest BCUT2D eigenvalue weighted by Crippen LogP contribution is -2.14. The number of nitrogens with one attached hydrogen (secondary N) is 1. The number of carbonyl (C=O) groups is 1. The summed E-state index contributed by atoms with van der Waals surface area (Å²) in [5, 5.41) is 3.93. The number of thioether (sulfide) groups is 1. The van der Waals surface area contributed by atoms with Crippen molar-refractivity contribution in [3.63, 3.8) is 0 Å². The Balaban J connectivity index is 1.94. The molecule has 3 N–H and O–H groups in total. The molecule has 1 amide bonds. The van der Waals surface area contributed by atoms with Gasteiger partial charge < -0.3 is 11.1 Å². The van der Waals surface area contributed by atoms with Crippen LogP contribution in [0.3, 0.4) is 0 Å². The van der Waals surface area contributed by atoms with E-state index in [1.54, 1.807) is 24.4 Å². The van der Waals surface area contributed by atoms with Crippen LogP contribution in [0, 0.1) is 0 Å². The first kappa shape index (κ1) is 15.2. The van der Waals surface area contributed by atoms with Crippen molar-refractivity contribution in [3.05, 3.63) is 46.0 Å². The Morgan fingerprint density at radius 2 is 2.25 bits per heavy atom. The monoisotopic (exact) mass is 371 g/mol. The summed E-state index contributed by atoms with van der Waals surface area (Å²) < 4.78 is 0.864. The molecule has 0 aliphatic rings. The molecule has 0 bridgehead atoms. The average Bonchev–Trinajstić information content (AvgIpc) is 2.41. The number of nitrogen functional groups attached to an aromatic ring is 1. The molecule has 0 saturated carbocycles. The zero-order valence-electron chi connectivity index (χ0n) is 10.3. The van der Waals surface area contributed by atoms with E-state index in [0.717, 1.165) is 9.50 Å². The highest BCUT2D eigenvalue weighted by molar-refractivity contribution is 9.10. The van der Waals surface area contributed by atoms with E-state index in [0.29, 0.717) is 16.4 Å². The van der Waals surface area contributed by atoms with Crippen molar-refractivity contribution < 1.29 is 4.79 Å². The highest BCUT2D eigenvalue weighted by Gasteiger charge is 2.08. The highest BCUT2D eigenvalue weighted by atomic mass is 79.9. The summed E-state index contributed by atoms with van der Waals surface area (Å²) in [6.07, 6.45) is 1.68. The SMILES string of the molecule is Nc1ccc(NC(=O)CSc2ncccc2Br)c(Cl)c1. The number of nitrogens with zero attached hydrogens (tertiary/aromatic N) is 1. The van der Waals surface area contributed by atoms with E-state index >= 15 is 0 Å². The number of rotatable bonds is 4. The first-order valence-corrected chi connectivity index (χ1v) is 7.80. The molecular formula is C13H11BrClN3OS. The number of pyridine rings is 1. The lowest BCUT2D eigenvalue weighted by molar-refractivity contribution is -0.113. The predicted molar refractivity (Wildman–Crippen MR) is 87.2 cm³/mol. The average molecular weight is 373 g/mol. The molecule has 2 aromatic rings. The third-order valence-corrected chi connectivity index (χ3v) is 4.55. The fraction of sp³-hybridized carbons (Fsp3) is 0.0769. The maximum atomic E-state index is 11.9. The summed E-state index contributed by atoms with van der Waals surface area (Å²) in [4.78, 5) is 16.0. The number of hydrogen-bond donors (Lipinski definition) is 2. The van der Waals surface area contributed by atoms with Gasteiger partial charge in [0, 0.05) is 16.4 Å². The molecule has 104 valence electrons. The Morgan fingerprint density at radius 1 is 1.45 bits per heavy atom. The number of halogens is 2. The van der Waals surface area contributed by atoms with Gasteiger partial charge in [-0.15, -0.1) is 0 Å². The van der Waals surface area contributed by atoms with Crippen LogP contribution in [0.2, 0.25) is 5.02 Å². The second-order valence-electron chi connectivity index (χ2n) is 3.87. The van der Waals surface area contributed by atoms with Crippen LogP contribution in [0.25, 0.3) is 0 Å². The molecular weight excluding hydrogens is 362 g/mol. The van der Waals surface area contributed by atoms with Gasteiger partial charge in [0.25, 0.3) is 0 Å². The van der Waals surface area contributed by atoms with Crippen molar-refractivity contribution in [1.82, 2.24) is 4.98 Å². The van der Waals surface area contributed by atoms with Crippen molar-refractivity contribution in [2.24, 2.45) is 0 Å². The van der Waals surface area contributed by atoms with Gasteiger partial charge in [0.05, 0.1) is 16.5 Å². The van der Waals surface area contributed by atoms with Crippen LogP contribution in [0.4, 0.5) is 11.4 Å². The Labute approximate surface area is 134 Å². The standard InChI is InChI=1S/C13H11BrClN3OS/c14-9-2-1-5-17-13(9)20-7-12(19)18-11-4-3-8(16)6-10(11)15/h1-6H,7,16H2,(H,18,19). The van der Waals surface area contributed by atoms with Gasteiger partial charge >= 0.3 is 0 Å². The molecule has 1 aromatic heterocycles. The molecule has 0 saturated heterocycles. The Kier molecular flexibility index (Phi) is 5.28. The van der Waals surface area contributed by atoms with Crippen molar-refractivity contribution in [1.29, 1.82) is 0 Å². The zero-order valence-corrected chi connectivity index (χ0v) is 13.4. The maximum absolute atomic E-state index is 11.9. The van der Waals surface area contributed by atoms with Crippen molar-refractivity contribution in [2.45, 2.75) is 5.03 Å². The molecule has 20 heavy (non-hydrogen) atoms. The second kappa shape index (κ2) is 6.97. The lowest BCUT2D eigenvalue weighted by atomic mass is 10.3. The van der Waals surface area contributed by atoms with Crippen LogP contribution in [0.15, 0.2) is 46.0 Å². The van der Waals surface area contributed by atoms with Crippen LogP contribution in [0.1, 0.15) is 0 Å². The number of hydrogen-bond acceptors (Lipinski definition) is 4. The minimum atomic E-state index is -0.153. The zero-order chi connectivity index (χ0) is 14.5. The summed E-state index contributed by atoms with van der Waals surface area (Å²) in [5.74, 6) is 0.0929. The number of amides is 1. The van der Waals surface area contributed by atoms with Gasteiger partial charge in [-0.1, -0.05) is 23.4 Å². The molecule has 1 aromatic carbocycles. The van der Waals surface area contributed by atoms with Gasteiger partial charge in [-0.3, -0.25) is 4.79 Å². The Hall–Kier alpha value is -1.24. The largest absolute Gasteiger partial charge is 0.399 e. The predicted octanol–water partition coefficient (Wildman–Crippen LogP) is 3.81. The van der Waals surface area contributed by atoms with Crippen LogP contribution < -0.4 is 11.1 Å². The van der Waals surface area contributed by atoms with Crippen molar-refractivity contribution in [2.75, 3.05) is 16.8 Å². The maximum Gasteiger partial charge on any atom is 0.234 e. The van der Waals surface area contributed by atoms with Crippen molar-refractivity contribution >= 4 is 56.6 Å². The minimum Gasteiger partial charge on any atom is -0.399 e. The third kappa shape index (κ3) is 4.13. The van der Waals surface area contributed by atoms with Crippen LogP contribution in [-0.2, 0) is 4.79 Å². The molecule has 4 nitrogen and oxygen atoms in total. The summed E-state index contributed by atoms with van der Waals surface area (Å²) in [7, 11) is 0. The summed E-state index contributed by atoms with van der Waals surface area (Å²) in [6.45, 7) is 0. The fourth-order valence-electron chi connectivity index (χ4n) is 1.43. The summed E-state index contributed by atoms with van der Waals surface area (Å²) in [5.41, 5.74) is 6.70. The van der Waals surface area contributed by atoms with E-state index in [1.807, 2.05) is 12.1 Å². The molecule has 2 rings (SSSR count). The van der Waals surface area contributed by atoms with Crippen LogP contribution >= 0.6 is 39.3 Å². The third-order valence-electron chi connectivity index (χ3n) is 2.33. The number of nitrogens with two attached hydrogens (primary N) is 1. The Morgan fingerprint density at radius 3 is 2.95 bits per heavy atom. The minimum absolute atomic E-state index is 0.153. The number of aromatic nitrogens is 1. The quantitative estimate of drug-likeness (QED) is 0.632. The van der Waals surface area contributed by atoms with E-state index in [1.165, 1.54) is 11.8 Å². The molecule has 0 unspecified atom stereocenters. The number of benzene rings is 1. The van der Waals surface area contributed by atoms with Gasteiger partial charge in [0.2, 0.25) is 5.91 Å². The molecule has 0 radical (unpaired) electrons. The summed E-state index contributed by atoms with van der Waals surface area (Å²) in [6, 6.07) is 8.66. The van der Waals surface area contributed by atoms with E-state index in [-0.39, 0.29) is 11.7 Å². The van der Waals surface area contributed by atoms with Crippen molar-refractivity contribution in [3.8, 4) is 0 Å². The van der Waals surface area contributed by atoms with Crippen LogP contribution in [-0.4, -0.2) is 16.6 Å². The van der Waals surface area contributed by atoms with E-state index in [9.17, 15) is 4.79 Å². The fourth-order valence-corrected chi connectivity index (χ4v) is 2.95. The number of carbonyl (C=O) groups excluding carboxylic acids is 1. The molecule has 0 aliphatic carbocycles.